The molecule has 0 radical (unpaired) electrons. The molecule has 11 heteroatoms. The fourth-order valence-corrected chi connectivity index (χ4v) is 5.37. The molecule has 10 nitrogen and oxygen atoms in total. The number of carbonyl (C=O) groups is 1. The van der Waals surface area contributed by atoms with Crippen LogP contribution in [-0.4, -0.2) is 79.0 Å². The number of urea groups is 1. The first-order valence-corrected chi connectivity index (χ1v) is 10.6. The van der Waals surface area contributed by atoms with Crippen molar-refractivity contribution in [1.82, 2.24) is 14.1 Å². The quantitative estimate of drug-likeness (QED) is 0.545. The lowest BCUT2D eigenvalue weighted by atomic mass is 10.1. The smallest absolute Gasteiger partial charge is 0.321 e. The molecular weight excluding hydrogens is 388 g/mol. The van der Waals surface area contributed by atoms with Gasteiger partial charge in [-0.25, -0.2) is 13.2 Å². The molecule has 28 heavy (non-hydrogen) atoms. The topological polar surface area (TPSA) is 113 Å². The number of amides is 2. The molecule has 0 aliphatic carbocycles. The molecule has 0 unspecified atom stereocenters. The normalized spacial score (nSPS) is 21.3. The second-order valence-electron chi connectivity index (χ2n) is 7.10. The molecule has 1 atom stereocenters. The number of nitrogens with zero attached hydrogens (tertiary/aromatic N) is 4. The van der Waals surface area contributed by atoms with Crippen LogP contribution in [0.5, 0.6) is 0 Å². The number of nitro benzene ring substituents is 1. The Hall–Kier alpha value is -2.24. The van der Waals surface area contributed by atoms with Gasteiger partial charge in [0, 0.05) is 38.3 Å². The van der Waals surface area contributed by atoms with Gasteiger partial charge in [0.15, 0.2) is 0 Å². The maximum absolute atomic E-state index is 13.2. The summed E-state index contributed by atoms with van der Waals surface area (Å²) in [4.78, 5) is 26.4. The first-order chi connectivity index (χ1) is 13.2. The van der Waals surface area contributed by atoms with Crippen molar-refractivity contribution in [1.29, 1.82) is 0 Å². The summed E-state index contributed by atoms with van der Waals surface area (Å²) in [5.74, 6) is -0.152. The monoisotopic (exact) mass is 412 g/mol. The van der Waals surface area contributed by atoms with Crippen molar-refractivity contribution in [2.24, 2.45) is 5.92 Å². The van der Waals surface area contributed by atoms with Crippen molar-refractivity contribution < 1.29 is 22.9 Å². The molecule has 2 fully saturated rings. The molecule has 2 saturated heterocycles. The minimum absolute atomic E-state index is 0.143. The zero-order valence-corrected chi connectivity index (χ0v) is 16.7. The van der Waals surface area contributed by atoms with Crippen LogP contribution in [0.1, 0.15) is 13.8 Å². The van der Waals surface area contributed by atoms with Crippen LogP contribution in [-0.2, 0) is 14.8 Å². The minimum Gasteiger partial charge on any atom is -0.378 e. The van der Waals surface area contributed by atoms with E-state index >= 15 is 0 Å². The molecule has 2 amide bonds. The van der Waals surface area contributed by atoms with Gasteiger partial charge < -0.3 is 14.5 Å². The van der Waals surface area contributed by atoms with E-state index < -0.39 is 21.1 Å². The third-order valence-electron chi connectivity index (χ3n) is 4.93. The predicted molar refractivity (Wildman–Crippen MR) is 100 cm³/mol. The summed E-state index contributed by atoms with van der Waals surface area (Å²) in [6.07, 6.45) is -0.653. The van der Waals surface area contributed by atoms with Gasteiger partial charge >= 0.3 is 6.03 Å². The molecule has 0 bridgehead atoms. The van der Waals surface area contributed by atoms with Crippen molar-refractivity contribution in [2.75, 3.05) is 39.4 Å². The minimum atomic E-state index is -3.99. The molecule has 2 aliphatic rings. The van der Waals surface area contributed by atoms with Crippen molar-refractivity contribution >= 4 is 21.7 Å². The first kappa shape index (κ1) is 20.5. The second-order valence-corrected chi connectivity index (χ2v) is 8.99. The second kappa shape index (κ2) is 8.02. The Labute approximate surface area is 163 Å². The number of nitro groups is 1. The van der Waals surface area contributed by atoms with Gasteiger partial charge in [-0.1, -0.05) is 19.9 Å². The zero-order chi connectivity index (χ0) is 20.5. The Morgan fingerprint density at radius 2 is 1.89 bits per heavy atom. The summed E-state index contributed by atoms with van der Waals surface area (Å²) in [6, 6.07) is 4.78. The lowest BCUT2D eigenvalue weighted by Gasteiger charge is -2.37. The van der Waals surface area contributed by atoms with E-state index in [9.17, 15) is 23.3 Å². The van der Waals surface area contributed by atoms with Gasteiger partial charge in [0.05, 0.1) is 23.0 Å². The average Bonchev–Trinajstić information content (AvgIpc) is 3.14. The molecular formula is C17H24N4O6S. The van der Waals surface area contributed by atoms with Crippen LogP contribution in [0.3, 0.4) is 0 Å². The molecule has 3 rings (SSSR count). The third-order valence-corrected chi connectivity index (χ3v) is 6.80. The van der Waals surface area contributed by atoms with Gasteiger partial charge in [-0.05, 0) is 12.0 Å². The summed E-state index contributed by atoms with van der Waals surface area (Å²) in [7, 11) is -3.99. The van der Waals surface area contributed by atoms with E-state index in [1.807, 2.05) is 13.8 Å². The number of rotatable bonds is 4. The van der Waals surface area contributed by atoms with Gasteiger partial charge in [0.25, 0.3) is 5.69 Å². The zero-order valence-electron chi connectivity index (χ0n) is 15.9. The molecule has 1 aromatic carbocycles. The van der Waals surface area contributed by atoms with Gasteiger partial charge in [-0.15, -0.1) is 0 Å². The maximum Gasteiger partial charge on any atom is 0.321 e. The Kier molecular flexibility index (Phi) is 5.87. The van der Waals surface area contributed by atoms with Crippen LogP contribution >= 0.6 is 0 Å². The number of hydrogen-bond acceptors (Lipinski definition) is 6. The van der Waals surface area contributed by atoms with Crippen LogP contribution in [0.15, 0.2) is 29.2 Å². The standard InChI is InChI=1S/C17H24N4O6S/c1-13(2)16-19(17(22)18-8-10-27-11-9-18)6-7-20(16)28(25,26)15-5-3-4-14(12-15)21(23)24/h3-5,12-13,16H,6-11H2,1-2H3/t16-/m0/s1. The van der Waals surface area contributed by atoms with Crippen molar-refractivity contribution in [3.8, 4) is 0 Å². The summed E-state index contributed by atoms with van der Waals surface area (Å²) in [5, 5.41) is 11.0. The maximum atomic E-state index is 13.2. The van der Waals surface area contributed by atoms with Crippen LogP contribution in [0, 0.1) is 16.0 Å². The van der Waals surface area contributed by atoms with E-state index in [2.05, 4.69) is 0 Å². The summed E-state index contributed by atoms with van der Waals surface area (Å²) >= 11 is 0. The van der Waals surface area contributed by atoms with Gasteiger partial charge in [0.2, 0.25) is 10.0 Å². The highest BCUT2D eigenvalue weighted by atomic mass is 32.2. The number of non-ortho nitro benzene ring substituents is 1. The molecule has 0 aromatic heterocycles. The lowest BCUT2D eigenvalue weighted by Crippen LogP contribution is -2.53. The Morgan fingerprint density at radius 3 is 2.50 bits per heavy atom. The van der Waals surface area contributed by atoms with Crippen molar-refractivity contribution in [2.45, 2.75) is 24.9 Å². The number of morpholine rings is 1. The van der Waals surface area contributed by atoms with Crippen LogP contribution < -0.4 is 0 Å². The van der Waals surface area contributed by atoms with E-state index in [1.54, 1.807) is 9.80 Å². The van der Waals surface area contributed by atoms with Gasteiger partial charge in [-0.2, -0.15) is 4.31 Å². The molecule has 2 aliphatic heterocycles. The molecule has 0 N–H and O–H groups in total. The third kappa shape index (κ3) is 3.82. The Bertz CT molecular complexity index is 853. The van der Waals surface area contributed by atoms with E-state index in [4.69, 9.17) is 4.74 Å². The van der Waals surface area contributed by atoms with Gasteiger partial charge in [-0.3, -0.25) is 10.1 Å². The number of carbonyl (C=O) groups excluding carboxylic acids is 1. The average molecular weight is 412 g/mol. The summed E-state index contributed by atoms with van der Waals surface area (Å²) in [5.41, 5.74) is -0.289. The SMILES string of the molecule is CC(C)[C@H]1N(C(=O)N2CCOCC2)CCN1S(=O)(=O)c1cccc([N+](=O)[O-])c1. The first-order valence-electron chi connectivity index (χ1n) is 9.13. The Morgan fingerprint density at radius 1 is 1.21 bits per heavy atom. The number of ether oxygens (including phenoxy) is 1. The number of benzene rings is 1. The highest BCUT2D eigenvalue weighted by Crippen LogP contribution is 2.30. The highest BCUT2D eigenvalue weighted by Gasteiger charge is 2.45. The summed E-state index contributed by atoms with van der Waals surface area (Å²) in [6.45, 7) is 5.98. The molecule has 0 saturated carbocycles. The number of hydrogen-bond donors (Lipinski definition) is 0. The fraction of sp³-hybridized carbons (Fsp3) is 0.588. The lowest BCUT2D eigenvalue weighted by molar-refractivity contribution is -0.385. The van der Waals surface area contributed by atoms with Crippen molar-refractivity contribution in [3.63, 3.8) is 0 Å². The van der Waals surface area contributed by atoms with E-state index in [0.717, 1.165) is 6.07 Å². The largest absolute Gasteiger partial charge is 0.378 e. The van der Waals surface area contributed by atoms with E-state index in [-0.39, 0.29) is 35.6 Å². The van der Waals surface area contributed by atoms with Crippen LogP contribution in [0.4, 0.5) is 10.5 Å². The molecule has 154 valence electrons. The molecule has 0 spiro atoms. The van der Waals surface area contributed by atoms with Crippen LogP contribution in [0.2, 0.25) is 0 Å². The van der Waals surface area contributed by atoms with Gasteiger partial charge in [0.1, 0.15) is 6.17 Å². The van der Waals surface area contributed by atoms with Crippen LogP contribution in [0.25, 0.3) is 0 Å². The molecule has 2 heterocycles. The fourth-order valence-electron chi connectivity index (χ4n) is 3.62. The van der Waals surface area contributed by atoms with E-state index in [1.165, 1.54) is 22.5 Å². The Balaban J connectivity index is 1.89. The molecule has 1 aromatic rings. The van der Waals surface area contributed by atoms with Crippen molar-refractivity contribution in [3.05, 3.63) is 34.4 Å². The van der Waals surface area contributed by atoms with E-state index in [0.29, 0.717) is 26.3 Å². The highest BCUT2D eigenvalue weighted by molar-refractivity contribution is 7.89. The predicted octanol–water partition coefficient (Wildman–Crippen LogP) is 1.34. The number of sulfonamides is 1. The summed E-state index contributed by atoms with van der Waals surface area (Å²) < 4.78 is 33.0.